The van der Waals surface area contributed by atoms with Crippen molar-refractivity contribution < 1.29 is 9.13 Å². The summed E-state index contributed by atoms with van der Waals surface area (Å²) in [5.41, 5.74) is 6.48. The summed E-state index contributed by atoms with van der Waals surface area (Å²) < 4.78 is 19.5. The summed E-state index contributed by atoms with van der Waals surface area (Å²) in [5, 5.41) is 7.86. The van der Waals surface area contributed by atoms with E-state index in [4.69, 9.17) is 27.5 Å². The molecule has 20 heavy (non-hydrogen) atoms. The zero-order chi connectivity index (χ0) is 14.7. The van der Waals surface area contributed by atoms with E-state index < -0.39 is 0 Å². The van der Waals surface area contributed by atoms with Gasteiger partial charge in [0, 0.05) is 4.47 Å². The molecule has 2 aromatic rings. The number of nitrogens with two attached hydrogens (primary N) is 1. The molecule has 0 aromatic heterocycles. The van der Waals surface area contributed by atoms with Crippen LogP contribution in [0.2, 0.25) is 5.02 Å². The fraction of sp³-hybridized carbons (Fsp3) is 0.0714. The molecule has 0 unspecified atom stereocenters. The molecule has 0 saturated carbocycles. The summed E-state index contributed by atoms with van der Waals surface area (Å²) >= 11 is 9.21. The van der Waals surface area contributed by atoms with Crippen molar-refractivity contribution in [1.29, 1.82) is 5.41 Å². The van der Waals surface area contributed by atoms with Gasteiger partial charge < -0.3 is 10.5 Å². The average molecular weight is 358 g/mol. The number of halogens is 3. The molecule has 3 N–H and O–H groups in total. The Morgan fingerprint density at radius 3 is 2.75 bits per heavy atom. The second kappa shape index (κ2) is 6.24. The highest BCUT2D eigenvalue weighted by Gasteiger charge is 2.11. The van der Waals surface area contributed by atoms with Crippen LogP contribution in [0.15, 0.2) is 40.9 Å². The molecule has 0 heterocycles. The van der Waals surface area contributed by atoms with Gasteiger partial charge in [-0.3, -0.25) is 5.41 Å². The van der Waals surface area contributed by atoms with Crippen molar-refractivity contribution in [2.45, 2.75) is 6.61 Å². The summed E-state index contributed by atoms with van der Waals surface area (Å²) in [6, 6.07) is 9.49. The van der Waals surface area contributed by atoms with Crippen molar-refractivity contribution in [3.05, 3.63) is 62.8 Å². The number of benzene rings is 2. The maximum atomic E-state index is 13.3. The summed E-state index contributed by atoms with van der Waals surface area (Å²) in [5.74, 6) is -0.132. The van der Waals surface area contributed by atoms with Crippen molar-refractivity contribution in [2.24, 2.45) is 5.73 Å². The van der Waals surface area contributed by atoms with E-state index in [9.17, 15) is 4.39 Å². The smallest absolute Gasteiger partial charge is 0.132 e. The number of nitrogen functional groups attached to an aromatic ring is 1. The molecule has 0 atom stereocenters. The Bertz CT molecular complexity index is 643. The molecule has 0 spiro atoms. The molecule has 0 amide bonds. The second-order valence-corrected chi connectivity index (χ2v) is 5.42. The first-order valence-corrected chi connectivity index (χ1v) is 6.85. The Balaban J connectivity index is 2.23. The number of ether oxygens (including phenoxy) is 1. The lowest BCUT2D eigenvalue weighted by atomic mass is 10.2. The fourth-order valence-corrected chi connectivity index (χ4v) is 2.52. The van der Waals surface area contributed by atoms with Gasteiger partial charge in [0.05, 0.1) is 10.6 Å². The van der Waals surface area contributed by atoms with Crippen LogP contribution in [0.4, 0.5) is 4.39 Å². The third kappa shape index (κ3) is 3.49. The molecule has 0 saturated heterocycles. The summed E-state index contributed by atoms with van der Waals surface area (Å²) in [6.45, 7) is 0.150. The van der Waals surface area contributed by atoms with Crippen molar-refractivity contribution in [3.8, 4) is 5.75 Å². The van der Waals surface area contributed by atoms with Gasteiger partial charge in [0.2, 0.25) is 0 Å². The molecule has 2 aromatic carbocycles. The van der Waals surface area contributed by atoms with Gasteiger partial charge in [-0.1, -0.05) is 33.6 Å². The van der Waals surface area contributed by atoms with Gasteiger partial charge in [0.1, 0.15) is 24.0 Å². The predicted molar refractivity (Wildman–Crippen MR) is 80.9 cm³/mol. The molecule has 0 bridgehead atoms. The lowest BCUT2D eigenvalue weighted by Crippen LogP contribution is -2.14. The lowest BCUT2D eigenvalue weighted by Gasteiger charge is -2.12. The first-order chi connectivity index (χ1) is 9.47. The molecule has 0 aliphatic rings. The van der Waals surface area contributed by atoms with Crippen LogP contribution in [0.3, 0.4) is 0 Å². The van der Waals surface area contributed by atoms with Crippen LogP contribution >= 0.6 is 27.5 Å². The Labute approximate surface area is 129 Å². The maximum Gasteiger partial charge on any atom is 0.132 e. The van der Waals surface area contributed by atoms with Crippen LogP contribution in [0.1, 0.15) is 11.1 Å². The Morgan fingerprint density at radius 2 is 2.10 bits per heavy atom. The van der Waals surface area contributed by atoms with Crippen LogP contribution < -0.4 is 10.5 Å². The van der Waals surface area contributed by atoms with Gasteiger partial charge in [0.15, 0.2) is 0 Å². The average Bonchev–Trinajstić information content (AvgIpc) is 2.34. The highest BCUT2D eigenvalue weighted by Crippen LogP contribution is 2.27. The molecular weight excluding hydrogens is 347 g/mol. The monoisotopic (exact) mass is 356 g/mol. The maximum absolute atomic E-state index is 13.3. The van der Waals surface area contributed by atoms with Gasteiger partial charge in [-0.2, -0.15) is 0 Å². The van der Waals surface area contributed by atoms with Crippen molar-refractivity contribution >= 4 is 33.4 Å². The molecule has 0 fully saturated rings. The Kier molecular flexibility index (Phi) is 4.62. The lowest BCUT2D eigenvalue weighted by molar-refractivity contribution is 0.305. The Hall–Kier alpha value is -1.59. The zero-order valence-electron chi connectivity index (χ0n) is 10.3. The van der Waals surface area contributed by atoms with Gasteiger partial charge in [-0.25, -0.2) is 4.39 Å². The molecule has 3 nitrogen and oxygen atoms in total. The SMILES string of the molecule is N=C(N)c1c(Cl)cccc1OCc1cc(F)cc(Br)c1. The minimum Gasteiger partial charge on any atom is -0.488 e. The van der Waals surface area contributed by atoms with Gasteiger partial charge >= 0.3 is 0 Å². The molecule has 0 aliphatic carbocycles. The van der Waals surface area contributed by atoms with Gasteiger partial charge in [-0.15, -0.1) is 0 Å². The van der Waals surface area contributed by atoms with E-state index >= 15 is 0 Å². The first kappa shape index (κ1) is 14.8. The van der Waals surface area contributed by atoms with Gasteiger partial charge in [-0.05, 0) is 35.9 Å². The quantitative estimate of drug-likeness (QED) is 0.639. The second-order valence-electron chi connectivity index (χ2n) is 4.09. The van der Waals surface area contributed by atoms with Crippen LogP contribution in [-0.2, 0) is 6.61 Å². The van der Waals surface area contributed by atoms with Crippen LogP contribution in [0.25, 0.3) is 0 Å². The van der Waals surface area contributed by atoms with Crippen molar-refractivity contribution in [2.75, 3.05) is 0 Å². The standard InChI is InChI=1S/C14H11BrClFN2O/c15-9-4-8(5-10(17)6-9)7-20-12-3-1-2-11(16)13(12)14(18)19/h1-6H,7H2,(H3,18,19). The number of nitrogens with one attached hydrogen (secondary N) is 1. The third-order valence-corrected chi connectivity index (χ3v) is 3.33. The van der Waals surface area contributed by atoms with E-state index in [-0.39, 0.29) is 18.3 Å². The molecule has 104 valence electrons. The highest BCUT2D eigenvalue weighted by molar-refractivity contribution is 9.10. The van der Waals surface area contributed by atoms with Crippen molar-refractivity contribution in [1.82, 2.24) is 0 Å². The van der Waals surface area contributed by atoms with E-state index in [1.807, 2.05) is 0 Å². The van der Waals surface area contributed by atoms with Crippen molar-refractivity contribution in [3.63, 3.8) is 0 Å². The summed E-state index contributed by atoms with van der Waals surface area (Å²) in [6.07, 6.45) is 0. The molecule has 2 rings (SSSR count). The number of rotatable bonds is 4. The largest absolute Gasteiger partial charge is 0.488 e. The van der Waals surface area contributed by atoms with E-state index in [0.717, 1.165) is 0 Å². The van der Waals surface area contributed by atoms with Crippen LogP contribution in [0, 0.1) is 11.2 Å². The molecule has 6 heteroatoms. The van der Waals surface area contributed by atoms with E-state index in [0.29, 0.717) is 26.4 Å². The number of hydrogen-bond donors (Lipinski definition) is 2. The molecule has 0 radical (unpaired) electrons. The van der Waals surface area contributed by atoms with E-state index in [1.165, 1.54) is 12.1 Å². The highest BCUT2D eigenvalue weighted by atomic mass is 79.9. The first-order valence-electron chi connectivity index (χ1n) is 5.68. The third-order valence-electron chi connectivity index (χ3n) is 2.56. The predicted octanol–water partition coefficient (Wildman–Crippen LogP) is 4.10. The molecular formula is C14H11BrClFN2O. The van der Waals surface area contributed by atoms with Crippen LogP contribution in [-0.4, -0.2) is 5.84 Å². The van der Waals surface area contributed by atoms with E-state index in [1.54, 1.807) is 24.3 Å². The van der Waals surface area contributed by atoms with Crippen LogP contribution in [0.5, 0.6) is 5.75 Å². The number of hydrogen-bond acceptors (Lipinski definition) is 2. The summed E-state index contributed by atoms with van der Waals surface area (Å²) in [4.78, 5) is 0. The minimum absolute atomic E-state index is 0.150. The fourth-order valence-electron chi connectivity index (χ4n) is 1.74. The van der Waals surface area contributed by atoms with E-state index in [2.05, 4.69) is 15.9 Å². The normalized spacial score (nSPS) is 10.3. The topological polar surface area (TPSA) is 59.1 Å². The molecule has 0 aliphatic heterocycles. The summed E-state index contributed by atoms with van der Waals surface area (Å²) in [7, 11) is 0. The minimum atomic E-state index is -0.351. The number of amidine groups is 1. The van der Waals surface area contributed by atoms with Gasteiger partial charge in [0.25, 0.3) is 0 Å². The Morgan fingerprint density at radius 1 is 1.35 bits per heavy atom. The zero-order valence-corrected chi connectivity index (χ0v) is 12.6.